The minimum absolute atomic E-state index is 0.00761. The maximum Gasteiger partial charge on any atom is 0.192 e. The first-order chi connectivity index (χ1) is 13.0. The van der Waals surface area contributed by atoms with E-state index < -0.39 is 32.4 Å². The third kappa shape index (κ3) is 3.22. The fourth-order valence-corrected chi connectivity index (χ4v) is 4.77. The Morgan fingerprint density at radius 2 is 2.00 bits per heavy atom. The molecule has 3 N–H and O–H groups in total. The molecule has 4 atom stereocenters. The number of ether oxygens (including phenoxy) is 2. The van der Waals surface area contributed by atoms with Crippen LogP contribution in [0.3, 0.4) is 0 Å². The van der Waals surface area contributed by atoms with Gasteiger partial charge in [-0.3, -0.25) is 4.57 Å². The van der Waals surface area contributed by atoms with Crippen LogP contribution >= 0.6 is 0 Å². The smallest absolute Gasteiger partial charge is 0.192 e. The molecule has 28 heavy (non-hydrogen) atoms. The molecule has 3 heterocycles. The molecule has 0 unspecified atom stereocenters. The first-order valence-electron chi connectivity index (χ1n) is 9.39. The Morgan fingerprint density at radius 3 is 2.57 bits per heavy atom. The Balaban J connectivity index is 2.05. The fourth-order valence-electron chi connectivity index (χ4n) is 3.46. The van der Waals surface area contributed by atoms with Crippen molar-refractivity contribution in [1.29, 1.82) is 0 Å². The van der Waals surface area contributed by atoms with Crippen molar-refractivity contribution >= 4 is 25.3 Å². The Bertz CT molecular complexity index is 852. The number of nitrogen functional groups attached to an aromatic ring is 1. The number of methoxy groups -OCH3 is 1. The average Bonchev–Trinajstić information content (AvgIpc) is 3.14. The number of hydrogen-bond donors (Lipinski definition) is 2. The summed E-state index contributed by atoms with van der Waals surface area (Å²) in [7, 11) is -0.516. The topological polar surface area (TPSA) is 118 Å². The van der Waals surface area contributed by atoms with Gasteiger partial charge in [0.2, 0.25) is 0 Å². The molecule has 9 nitrogen and oxygen atoms in total. The van der Waals surface area contributed by atoms with Crippen molar-refractivity contribution in [2.45, 2.75) is 69.9 Å². The largest absolute Gasteiger partial charge is 0.408 e. The molecule has 0 radical (unpaired) electrons. The van der Waals surface area contributed by atoms with Gasteiger partial charge in [0.05, 0.1) is 12.9 Å². The van der Waals surface area contributed by atoms with E-state index >= 15 is 0 Å². The molecule has 3 rings (SSSR count). The van der Waals surface area contributed by atoms with E-state index in [9.17, 15) is 5.11 Å². The first kappa shape index (κ1) is 21.1. The third-order valence-electron chi connectivity index (χ3n) is 6.09. The minimum Gasteiger partial charge on any atom is -0.408 e. The van der Waals surface area contributed by atoms with Crippen LogP contribution in [0.15, 0.2) is 12.7 Å². The number of nitrogens with zero attached hydrogens (tertiary/aromatic N) is 4. The zero-order valence-electron chi connectivity index (χ0n) is 17.6. The number of nitrogens with two attached hydrogens (primary N) is 1. The highest BCUT2D eigenvalue weighted by molar-refractivity contribution is 6.74. The molecule has 1 aliphatic rings. The molecular weight excluding hydrogens is 378 g/mol. The van der Waals surface area contributed by atoms with Crippen molar-refractivity contribution in [3.8, 4) is 0 Å². The molecule has 10 heteroatoms. The van der Waals surface area contributed by atoms with E-state index in [0.717, 1.165) is 0 Å². The van der Waals surface area contributed by atoms with E-state index in [-0.39, 0.29) is 11.6 Å². The van der Waals surface area contributed by atoms with Gasteiger partial charge in [-0.2, -0.15) is 0 Å². The SMILES string of the molecule is CO[C@@H]1[C@H](O[Si](C)(C)C(C)(C)C)[C@@H](CO)O[C@@]1(C)n1cnc2c(N)ncnc21. The van der Waals surface area contributed by atoms with E-state index in [1.165, 1.54) is 6.33 Å². The third-order valence-corrected chi connectivity index (χ3v) is 10.6. The maximum absolute atomic E-state index is 10.0. The Morgan fingerprint density at radius 1 is 1.32 bits per heavy atom. The molecule has 1 fully saturated rings. The van der Waals surface area contributed by atoms with Gasteiger partial charge in [0.25, 0.3) is 0 Å². The molecule has 0 bridgehead atoms. The van der Waals surface area contributed by atoms with E-state index in [1.54, 1.807) is 18.0 Å². The monoisotopic (exact) mass is 409 g/mol. The van der Waals surface area contributed by atoms with E-state index in [2.05, 4.69) is 48.8 Å². The van der Waals surface area contributed by atoms with Gasteiger partial charge in [-0.25, -0.2) is 15.0 Å². The van der Waals surface area contributed by atoms with Gasteiger partial charge in [0.1, 0.15) is 30.2 Å². The molecule has 2 aromatic rings. The van der Waals surface area contributed by atoms with Crippen molar-refractivity contribution in [3.63, 3.8) is 0 Å². The van der Waals surface area contributed by atoms with Gasteiger partial charge in [-0.1, -0.05) is 20.8 Å². The molecule has 0 aromatic carbocycles. The highest BCUT2D eigenvalue weighted by Crippen LogP contribution is 2.44. The van der Waals surface area contributed by atoms with Gasteiger partial charge in [0, 0.05) is 7.11 Å². The molecule has 2 aromatic heterocycles. The van der Waals surface area contributed by atoms with Crippen LogP contribution in [0, 0.1) is 0 Å². The molecule has 0 amide bonds. The zero-order chi connectivity index (χ0) is 20.9. The number of aliphatic hydroxyl groups excluding tert-OH is 1. The molecule has 0 spiro atoms. The predicted octanol–water partition coefficient (Wildman–Crippen LogP) is 1.88. The summed E-state index contributed by atoms with van der Waals surface area (Å²) in [6.45, 7) is 12.6. The first-order valence-corrected chi connectivity index (χ1v) is 12.3. The normalized spacial score (nSPS) is 28.9. The lowest BCUT2D eigenvalue weighted by Gasteiger charge is -2.41. The summed E-state index contributed by atoms with van der Waals surface area (Å²) in [6.07, 6.45) is 1.55. The van der Waals surface area contributed by atoms with Gasteiger partial charge in [0.15, 0.2) is 25.5 Å². The van der Waals surface area contributed by atoms with Crippen molar-refractivity contribution in [2.75, 3.05) is 19.5 Å². The maximum atomic E-state index is 10.0. The highest BCUT2D eigenvalue weighted by atomic mass is 28.4. The second-order valence-electron chi connectivity index (χ2n) is 8.94. The Kier molecular flexibility index (Phi) is 5.30. The lowest BCUT2D eigenvalue weighted by molar-refractivity contribution is -0.140. The number of aromatic nitrogens is 4. The van der Waals surface area contributed by atoms with Gasteiger partial charge in [-0.05, 0) is 25.1 Å². The Hall–Kier alpha value is -1.59. The molecular formula is C18H31N5O4Si. The zero-order valence-corrected chi connectivity index (χ0v) is 18.6. The van der Waals surface area contributed by atoms with E-state index in [4.69, 9.17) is 19.6 Å². The molecule has 0 saturated carbocycles. The number of imidazole rings is 1. The van der Waals surface area contributed by atoms with Crippen molar-refractivity contribution in [2.24, 2.45) is 0 Å². The minimum atomic E-state index is -2.14. The fraction of sp³-hybridized carbons (Fsp3) is 0.722. The van der Waals surface area contributed by atoms with Crippen LogP contribution in [0.2, 0.25) is 18.1 Å². The number of anilines is 1. The number of aliphatic hydroxyl groups is 1. The molecule has 0 aliphatic carbocycles. The van der Waals surface area contributed by atoms with Crippen LogP contribution in [-0.2, 0) is 19.6 Å². The molecule has 1 aliphatic heterocycles. The highest BCUT2D eigenvalue weighted by Gasteiger charge is 2.57. The standard InChI is InChI=1S/C18H31N5O4Si/c1-17(2,3)28(6,7)27-13-11(8-24)26-18(4,14(13)25-5)23-10-22-12-15(19)20-9-21-16(12)23/h9-11,13-14,24H,8H2,1-7H3,(H2,19,20,21)/t11-,13-,14-,18-/m1/s1. The summed E-state index contributed by atoms with van der Waals surface area (Å²) in [4.78, 5) is 12.7. The summed E-state index contributed by atoms with van der Waals surface area (Å²) >= 11 is 0. The summed E-state index contributed by atoms with van der Waals surface area (Å²) in [5, 5.41) is 10.0. The van der Waals surface area contributed by atoms with Crippen LogP contribution in [0.1, 0.15) is 27.7 Å². The van der Waals surface area contributed by atoms with Crippen LogP contribution in [-0.4, -0.2) is 65.0 Å². The number of fused-ring (bicyclic) bond motifs is 1. The molecule has 156 valence electrons. The summed E-state index contributed by atoms with van der Waals surface area (Å²) in [5.41, 5.74) is 5.99. The summed E-state index contributed by atoms with van der Waals surface area (Å²) in [5.74, 6) is 0.298. The lowest BCUT2D eigenvalue weighted by atomic mass is 10.0. The van der Waals surface area contributed by atoms with Crippen LogP contribution in [0.25, 0.3) is 11.2 Å². The van der Waals surface area contributed by atoms with Crippen LogP contribution < -0.4 is 5.73 Å². The van der Waals surface area contributed by atoms with E-state index in [0.29, 0.717) is 17.0 Å². The summed E-state index contributed by atoms with van der Waals surface area (Å²) < 4.78 is 20.6. The van der Waals surface area contributed by atoms with Gasteiger partial charge in [-0.15, -0.1) is 0 Å². The number of hydrogen-bond acceptors (Lipinski definition) is 8. The predicted molar refractivity (Wildman–Crippen MR) is 108 cm³/mol. The van der Waals surface area contributed by atoms with Gasteiger partial charge < -0.3 is 24.7 Å². The lowest BCUT2D eigenvalue weighted by Crippen LogP contribution is -2.52. The second kappa shape index (κ2) is 7.03. The van der Waals surface area contributed by atoms with Crippen molar-refractivity contribution < 1.29 is 19.0 Å². The summed E-state index contributed by atoms with van der Waals surface area (Å²) in [6, 6.07) is 0. The average molecular weight is 410 g/mol. The Labute approximate surface area is 166 Å². The van der Waals surface area contributed by atoms with E-state index in [1.807, 2.05) is 6.92 Å². The van der Waals surface area contributed by atoms with Crippen LogP contribution in [0.4, 0.5) is 5.82 Å². The quantitative estimate of drug-likeness (QED) is 0.719. The number of rotatable bonds is 5. The van der Waals surface area contributed by atoms with Crippen molar-refractivity contribution in [1.82, 2.24) is 19.5 Å². The van der Waals surface area contributed by atoms with Crippen LogP contribution in [0.5, 0.6) is 0 Å². The second-order valence-corrected chi connectivity index (χ2v) is 13.7. The van der Waals surface area contributed by atoms with Crippen molar-refractivity contribution in [3.05, 3.63) is 12.7 Å². The van der Waals surface area contributed by atoms with Gasteiger partial charge >= 0.3 is 0 Å². The molecule has 1 saturated heterocycles.